The molecule has 0 atom stereocenters. The smallest absolute Gasteiger partial charge is 0.246 e. The summed E-state index contributed by atoms with van der Waals surface area (Å²) in [6.07, 6.45) is 0. The van der Waals surface area contributed by atoms with Gasteiger partial charge in [-0.05, 0) is 12.1 Å². The summed E-state index contributed by atoms with van der Waals surface area (Å²) in [5, 5.41) is 0. The number of hydrogen-bond donors (Lipinski definition) is 1. The van der Waals surface area contributed by atoms with Crippen molar-refractivity contribution < 1.29 is 9.53 Å². The van der Waals surface area contributed by atoms with Gasteiger partial charge in [-0.25, -0.2) is 0 Å². The fourth-order valence-electron chi connectivity index (χ4n) is 3.31. The van der Waals surface area contributed by atoms with Crippen LogP contribution in [-0.4, -0.2) is 61.8 Å². The van der Waals surface area contributed by atoms with Crippen LogP contribution in [0.2, 0.25) is 0 Å². The lowest BCUT2D eigenvalue weighted by molar-refractivity contribution is -0.117. The number of piperazine rings is 1. The molecule has 8 nitrogen and oxygen atoms in total. The second-order valence-electron chi connectivity index (χ2n) is 6.34. The van der Waals surface area contributed by atoms with E-state index in [9.17, 15) is 4.79 Å². The van der Waals surface area contributed by atoms with E-state index in [0.717, 1.165) is 24.6 Å². The molecule has 0 aliphatic carbocycles. The summed E-state index contributed by atoms with van der Waals surface area (Å²) in [7, 11) is 0. The van der Waals surface area contributed by atoms with E-state index in [1.54, 1.807) is 0 Å². The number of para-hydroxylation sites is 1. The summed E-state index contributed by atoms with van der Waals surface area (Å²) >= 11 is 0. The lowest BCUT2D eigenvalue weighted by Gasteiger charge is -2.35. The third-order valence-electron chi connectivity index (χ3n) is 4.66. The number of carbonyl (C=O) groups excluding carboxylic acids is 1. The van der Waals surface area contributed by atoms with Gasteiger partial charge in [-0.15, -0.1) is 0 Å². The monoisotopic (exact) mass is 354 g/mol. The lowest BCUT2D eigenvalue weighted by atomic mass is 10.2. The number of hydrogen-bond acceptors (Lipinski definition) is 7. The van der Waals surface area contributed by atoms with Crippen LogP contribution in [0.1, 0.15) is 0 Å². The first-order valence-electron chi connectivity index (χ1n) is 8.78. The fraction of sp³-hybridized carbons (Fsp3) is 0.389. The molecule has 2 fully saturated rings. The quantitative estimate of drug-likeness (QED) is 0.870. The number of anilines is 4. The van der Waals surface area contributed by atoms with Crippen LogP contribution >= 0.6 is 0 Å². The molecule has 2 aromatic rings. The molecule has 0 radical (unpaired) electrons. The number of ether oxygens (including phenoxy) is 1. The zero-order valence-corrected chi connectivity index (χ0v) is 14.5. The number of amides is 1. The number of carbonyl (C=O) groups is 1. The van der Waals surface area contributed by atoms with E-state index in [-0.39, 0.29) is 18.4 Å². The minimum Gasteiger partial charge on any atom is -0.378 e. The molecule has 3 heterocycles. The van der Waals surface area contributed by atoms with Gasteiger partial charge in [0.25, 0.3) is 0 Å². The predicted molar refractivity (Wildman–Crippen MR) is 100 cm³/mol. The molecule has 2 aliphatic heterocycles. The van der Waals surface area contributed by atoms with Gasteiger partial charge in [-0.3, -0.25) is 4.79 Å². The highest BCUT2D eigenvalue weighted by atomic mass is 16.5. The van der Waals surface area contributed by atoms with Gasteiger partial charge in [0, 0.05) is 37.9 Å². The molecule has 1 amide bonds. The Labute approximate surface area is 152 Å². The zero-order chi connectivity index (χ0) is 17.9. The van der Waals surface area contributed by atoms with Crippen molar-refractivity contribution in [3.63, 3.8) is 0 Å². The maximum Gasteiger partial charge on any atom is 0.246 e. The lowest BCUT2D eigenvalue weighted by Crippen LogP contribution is -2.51. The first-order chi connectivity index (χ1) is 12.7. The van der Waals surface area contributed by atoms with Gasteiger partial charge in [0.05, 0.1) is 19.8 Å². The van der Waals surface area contributed by atoms with Gasteiger partial charge >= 0.3 is 0 Å². The van der Waals surface area contributed by atoms with Crippen LogP contribution in [-0.2, 0) is 9.53 Å². The minimum absolute atomic E-state index is 0.0487. The van der Waals surface area contributed by atoms with Gasteiger partial charge < -0.3 is 25.2 Å². The molecule has 0 unspecified atom stereocenters. The van der Waals surface area contributed by atoms with Gasteiger partial charge in [-0.1, -0.05) is 18.2 Å². The number of benzene rings is 1. The largest absolute Gasteiger partial charge is 0.378 e. The number of morpholine rings is 1. The Kier molecular flexibility index (Phi) is 4.57. The highest BCUT2D eigenvalue weighted by molar-refractivity contribution is 5.97. The van der Waals surface area contributed by atoms with Gasteiger partial charge in [0.15, 0.2) is 0 Å². The third-order valence-corrected chi connectivity index (χ3v) is 4.66. The van der Waals surface area contributed by atoms with E-state index in [0.29, 0.717) is 32.1 Å². The van der Waals surface area contributed by atoms with Crippen molar-refractivity contribution in [3.05, 3.63) is 36.4 Å². The van der Waals surface area contributed by atoms with Gasteiger partial charge in [-0.2, -0.15) is 9.97 Å². The van der Waals surface area contributed by atoms with E-state index >= 15 is 0 Å². The topological polar surface area (TPSA) is 87.8 Å². The molecule has 136 valence electrons. The second-order valence-corrected chi connectivity index (χ2v) is 6.34. The highest BCUT2D eigenvalue weighted by Gasteiger charge is 2.27. The van der Waals surface area contributed by atoms with Crippen LogP contribution in [0.15, 0.2) is 36.4 Å². The number of nitrogens with zero attached hydrogens (tertiary/aromatic N) is 5. The van der Waals surface area contributed by atoms with Crippen LogP contribution in [0, 0.1) is 0 Å². The minimum atomic E-state index is 0.0487. The molecule has 4 rings (SSSR count). The normalized spacial score (nSPS) is 18.3. The Morgan fingerprint density at radius 1 is 0.923 bits per heavy atom. The average Bonchev–Trinajstić information content (AvgIpc) is 2.69. The second kappa shape index (κ2) is 7.17. The SMILES string of the molecule is Nc1nc(N2CCOCC2)cc(N2CCN(c3ccccc3)C(=O)C2)n1. The Hall–Kier alpha value is -2.87. The summed E-state index contributed by atoms with van der Waals surface area (Å²) in [6, 6.07) is 11.6. The molecule has 0 spiro atoms. The van der Waals surface area contributed by atoms with Crippen LogP contribution in [0.3, 0.4) is 0 Å². The molecule has 0 bridgehead atoms. The molecule has 26 heavy (non-hydrogen) atoms. The van der Waals surface area contributed by atoms with E-state index in [4.69, 9.17) is 10.5 Å². The average molecular weight is 354 g/mol. The maximum atomic E-state index is 12.6. The molecule has 2 aliphatic rings. The summed E-state index contributed by atoms with van der Waals surface area (Å²) in [6.45, 7) is 4.47. The number of rotatable bonds is 3. The van der Waals surface area contributed by atoms with Crippen molar-refractivity contribution in [2.75, 3.05) is 66.4 Å². The summed E-state index contributed by atoms with van der Waals surface area (Å²) in [5.41, 5.74) is 6.85. The molecular formula is C18H22N6O2. The van der Waals surface area contributed by atoms with Crippen LogP contribution in [0.5, 0.6) is 0 Å². The van der Waals surface area contributed by atoms with Crippen LogP contribution in [0.4, 0.5) is 23.3 Å². The molecule has 8 heteroatoms. The van der Waals surface area contributed by atoms with Gasteiger partial charge in [0.2, 0.25) is 11.9 Å². The number of nitrogen functional groups attached to an aromatic ring is 1. The van der Waals surface area contributed by atoms with Crippen molar-refractivity contribution in [3.8, 4) is 0 Å². The molecule has 2 saturated heterocycles. The highest BCUT2D eigenvalue weighted by Crippen LogP contribution is 2.24. The van der Waals surface area contributed by atoms with Gasteiger partial charge in [0.1, 0.15) is 11.6 Å². The van der Waals surface area contributed by atoms with E-state index in [1.807, 2.05) is 46.2 Å². The first-order valence-corrected chi connectivity index (χ1v) is 8.78. The summed E-state index contributed by atoms with van der Waals surface area (Å²) in [4.78, 5) is 27.2. The standard InChI is InChI=1S/C18H22N6O2/c19-18-20-15(22-8-10-26-11-9-22)12-16(21-18)23-6-7-24(17(25)13-23)14-4-2-1-3-5-14/h1-5,12H,6-11,13H2,(H2,19,20,21). The summed E-state index contributed by atoms with van der Waals surface area (Å²) in [5.74, 6) is 1.75. The van der Waals surface area contributed by atoms with Crippen molar-refractivity contribution >= 4 is 29.2 Å². The van der Waals surface area contributed by atoms with Crippen molar-refractivity contribution in [2.24, 2.45) is 0 Å². The first kappa shape index (κ1) is 16.6. The van der Waals surface area contributed by atoms with E-state index in [2.05, 4.69) is 14.9 Å². The molecule has 1 aromatic carbocycles. The molecule has 2 N–H and O–H groups in total. The van der Waals surface area contributed by atoms with Crippen molar-refractivity contribution in [1.82, 2.24) is 9.97 Å². The number of aromatic nitrogens is 2. The summed E-state index contributed by atoms with van der Waals surface area (Å²) < 4.78 is 5.39. The fourth-order valence-corrected chi connectivity index (χ4v) is 3.31. The van der Waals surface area contributed by atoms with E-state index < -0.39 is 0 Å². The Morgan fingerprint density at radius 2 is 1.62 bits per heavy atom. The zero-order valence-electron chi connectivity index (χ0n) is 14.5. The van der Waals surface area contributed by atoms with Crippen LogP contribution in [0.25, 0.3) is 0 Å². The molecule has 1 aromatic heterocycles. The van der Waals surface area contributed by atoms with E-state index in [1.165, 1.54) is 0 Å². The predicted octanol–water partition coefficient (Wildman–Crippen LogP) is 0.749. The van der Waals surface area contributed by atoms with Crippen LogP contribution < -0.4 is 20.4 Å². The molecule has 0 saturated carbocycles. The Morgan fingerprint density at radius 3 is 2.31 bits per heavy atom. The number of nitrogens with two attached hydrogens (primary N) is 1. The Balaban J connectivity index is 1.51. The third kappa shape index (κ3) is 3.41. The Bertz CT molecular complexity index is 779. The van der Waals surface area contributed by atoms with Crippen molar-refractivity contribution in [2.45, 2.75) is 0 Å². The molecular weight excluding hydrogens is 332 g/mol. The van der Waals surface area contributed by atoms with Crippen molar-refractivity contribution in [1.29, 1.82) is 0 Å². The maximum absolute atomic E-state index is 12.6.